The summed E-state index contributed by atoms with van der Waals surface area (Å²) in [4.78, 5) is 27.4. The van der Waals surface area contributed by atoms with Gasteiger partial charge in [0.1, 0.15) is 0 Å². The van der Waals surface area contributed by atoms with Crippen molar-refractivity contribution in [2.45, 2.75) is 20.3 Å². The number of amides is 2. The van der Waals surface area contributed by atoms with Crippen LogP contribution in [0.1, 0.15) is 31.4 Å². The topological polar surface area (TPSA) is 109 Å². The molecule has 3 N–H and O–H groups in total. The summed E-state index contributed by atoms with van der Waals surface area (Å²) in [5.41, 5.74) is 4.49. The molecule has 0 fully saturated rings. The Labute approximate surface area is 235 Å². The minimum atomic E-state index is -3.57. The number of benzene rings is 3. The van der Waals surface area contributed by atoms with E-state index < -0.39 is 7.60 Å². The van der Waals surface area contributed by atoms with E-state index in [1.807, 2.05) is 61.6 Å². The van der Waals surface area contributed by atoms with Crippen molar-refractivity contribution in [1.29, 1.82) is 0 Å². The first-order valence-corrected chi connectivity index (χ1v) is 14.8. The molecule has 0 aromatic heterocycles. The first-order chi connectivity index (χ1) is 19.3. The Morgan fingerprint density at radius 3 is 2.27 bits per heavy atom. The second-order valence-electron chi connectivity index (χ2n) is 9.11. The van der Waals surface area contributed by atoms with E-state index in [1.165, 1.54) is 0 Å². The van der Waals surface area contributed by atoms with Gasteiger partial charge in [0.25, 0.3) is 5.91 Å². The summed E-state index contributed by atoms with van der Waals surface area (Å²) in [6, 6.07) is 22.1. The first kappa shape index (κ1) is 29.2. The van der Waals surface area contributed by atoms with Crippen LogP contribution in [0.5, 0.6) is 0 Å². The molecule has 0 radical (unpaired) electrons. The molecule has 1 heterocycles. The van der Waals surface area contributed by atoms with E-state index >= 15 is 0 Å². The van der Waals surface area contributed by atoms with Crippen molar-refractivity contribution < 1.29 is 23.2 Å². The van der Waals surface area contributed by atoms with Crippen molar-refractivity contribution in [3.05, 3.63) is 83.9 Å². The molecule has 1 aliphatic heterocycles. The highest BCUT2D eigenvalue weighted by Gasteiger charge is 2.33. The van der Waals surface area contributed by atoms with Crippen LogP contribution in [-0.4, -0.2) is 45.7 Å². The second kappa shape index (κ2) is 13.1. The molecule has 0 atom stereocenters. The fraction of sp³-hybridized carbons (Fsp3) is 0.267. The summed E-state index contributed by atoms with van der Waals surface area (Å²) in [5, 5.41) is 9.71. The summed E-state index contributed by atoms with van der Waals surface area (Å²) in [5.74, 6) is -0.277. The fourth-order valence-corrected chi connectivity index (χ4v) is 6.04. The van der Waals surface area contributed by atoms with Crippen LogP contribution in [0.4, 0.5) is 17.1 Å². The number of anilines is 3. The number of carbonyl (C=O) groups excluding carboxylic acids is 2. The van der Waals surface area contributed by atoms with Crippen molar-refractivity contribution in [2.24, 2.45) is 0 Å². The maximum Gasteiger partial charge on any atom is 0.361 e. The first-order valence-electron chi connectivity index (χ1n) is 13.2. The Hall–Kier alpha value is -3.75. The highest BCUT2D eigenvalue weighted by Crippen LogP contribution is 2.48. The minimum Gasteiger partial charge on any atom is -0.354 e. The van der Waals surface area contributed by atoms with E-state index in [1.54, 1.807) is 44.0 Å². The molecule has 210 valence electrons. The summed E-state index contributed by atoms with van der Waals surface area (Å²) in [6.07, 6.45) is 0.396. The highest BCUT2D eigenvalue weighted by atomic mass is 31.2. The molecule has 4 rings (SSSR count). The van der Waals surface area contributed by atoms with E-state index in [2.05, 4.69) is 16.0 Å². The number of nitrogens with one attached hydrogen (secondary N) is 3. The van der Waals surface area contributed by atoms with Gasteiger partial charge in [-0.25, -0.2) is 0 Å². The summed E-state index contributed by atoms with van der Waals surface area (Å²) < 4.78 is 24.6. The maximum absolute atomic E-state index is 13.5. The van der Waals surface area contributed by atoms with Crippen LogP contribution in [0.25, 0.3) is 11.3 Å². The van der Waals surface area contributed by atoms with E-state index in [-0.39, 0.29) is 25.0 Å². The SMILES string of the molecule is CCOP(=O)(OCC)c1ccc2c(c1)C(=C(Nc1ccc(N(C)C(=O)CCNC)cc1)c1ccccc1)C(=O)N2. The predicted octanol–water partition coefficient (Wildman–Crippen LogP) is 5.08. The molecule has 3 aromatic rings. The number of nitrogens with zero attached hydrogens (tertiary/aromatic N) is 1. The third-order valence-corrected chi connectivity index (χ3v) is 8.57. The van der Waals surface area contributed by atoms with Crippen molar-refractivity contribution in [3.63, 3.8) is 0 Å². The lowest BCUT2D eigenvalue weighted by molar-refractivity contribution is -0.118. The van der Waals surface area contributed by atoms with Crippen LogP contribution >= 0.6 is 7.60 Å². The predicted molar refractivity (Wildman–Crippen MR) is 161 cm³/mol. The maximum atomic E-state index is 13.5. The lowest BCUT2D eigenvalue weighted by Gasteiger charge is -2.19. The number of hydrogen-bond acceptors (Lipinski definition) is 7. The van der Waals surface area contributed by atoms with Gasteiger partial charge in [0, 0.05) is 42.6 Å². The number of hydrogen-bond donors (Lipinski definition) is 3. The third-order valence-electron chi connectivity index (χ3n) is 6.46. The van der Waals surface area contributed by atoms with Crippen LogP contribution in [0.2, 0.25) is 0 Å². The normalized spacial score (nSPS) is 13.9. The molecule has 40 heavy (non-hydrogen) atoms. The summed E-state index contributed by atoms with van der Waals surface area (Å²) in [6.45, 7) is 4.56. The van der Waals surface area contributed by atoms with Crippen LogP contribution in [0, 0.1) is 0 Å². The molecular weight excluding hydrogens is 527 g/mol. The largest absolute Gasteiger partial charge is 0.361 e. The van der Waals surface area contributed by atoms with Gasteiger partial charge in [-0.05, 0) is 68.9 Å². The molecule has 0 saturated heterocycles. The Morgan fingerprint density at radius 2 is 1.65 bits per heavy atom. The van der Waals surface area contributed by atoms with Gasteiger partial charge >= 0.3 is 7.60 Å². The molecule has 2 amide bonds. The number of rotatable bonds is 12. The monoisotopic (exact) mass is 562 g/mol. The van der Waals surface area contributed by atoms with Gasteiger partial charge in [0.05, 0.1) is 29.8 Å². The molecule has 0 bridgehead atoms. The van der Waals surface area contributed by atoms with Gasteiger partial charge in [-0.3, -0.25) is 14.2 Å². The Kier molecular flexibility index (Phi) is 9.55. The van der Waals surface area contributed by atoms with E-state index in [4.69, 9.17) is 9.05 Å². The highest BCUT2D eigenvalue weighted by molar-refractivity contribution is 7.62. The van der Waals surface area contributed by atoms with E-state index in [9.17, 15) is 14.2 Å². The second-order valence-corrected chi connectivity index (χ2v) is 11.1. The molecule has 1 aliphatic rings. The number of fused-ring (bicyclic) bond motifs is 1. The smallest absolute Gasteiger partial charge is 0.354 e. The molecule has 3 aromatic carbocycles. The molecule has 0 spiro atoms. The van der Waals surface area contributed by atoms with Gasteiger partial charge in [-0.1, -0.05) is 30.3 Å². The zero-order chi connectivity index (χ0) is 28.7. The number of carbonyl (C=O) groups is 2. The van der Waals surface area contributed by atoms with E-state index in [0.717, 1.165) is 16.9 Å². The van der Waals surface area contributed by atoms with Crippen molar-refractivity contribution in [3.8, 4) is 0 Å². The van der Waals surface area contributed by atoms with Crippen LogP contribution in [0.15, 0.2) is 72.8 Å². The Balaban J connectivity index is 1.76. The van der Waals surface area contributed by atoms with Gasteiger partial charge in [-0.15, -0.1) is 0 Å². The van der Waals surface area contributed by atoms with Crippen LogP contribution in [0.3, 0.4) is 0 Å². The lowest BCUT2D eigenvalue weighted by Crippen LogP contribution is -2.28. The van der Waals surface area contributed by atoms with E-state index in [0.29, 0.717) is 40.8 Å². The molecule has 0 unspecified atom stereocenters. The molecule has 10 heteroatoms. The molecule has 9 nitrogen and oxygen atoms in total. The Bertz CT molecular complexity index is 1430. The van der Waals surface area contributed by atoms with Crippen LogP contribution < -0.4 is 26.2 Å². The zero-order valence-electron chi connectivity index (χ0n) is 23.2. The quantitative estimate of drug-likeness (QED) is 0.209. The average Bonchev–Trinajstić information content (AvgIpc) is 3.30. The average molecular weight is 563 g/mol. The van der Waals surface area contributed by atoms with Gasteiger partial charge in [0.15, 0.2) is 0 Å². The fourth-order valence-electron chi connectivity index (χ4n) is 4.44. The molecule has 0 saturated carbocycles. The van der Waals surface area contributed by atoms with Gasteiger partial charge < -0.3 is 29.9 Å². The Morgan fingerprint density at radius 1 is 0.975 bits per heavy atom. The van der Waals surface area contributed by atoms with Crippen molar-refractivity contribution >= 4 is 53.0 Å². The molecular formula is C30H35N4O5P. The van der Waals surface area contributed by atoms with Gasteiger partial charge in [0.2, 0.25) is 5.91 Å². The van der Waals surface area contributed by atoms with Crippen molar-refractivity contribution in [1.82, 2.24) is 5.32 Å². The van der Waals surface area contributed by atoms with Crippen molar-refractivity contribution in [2.75, 3.05) is 49.4 Å². The minimum absolute atomic E-state index is 0.00795. The van der Waals surface area contributed by atoms with Gasteiger partial charge in [-0.2, -0.15) is 0 Å². The standard InChI is InChI=1S/C30H35N4O5P/c1-5-38-40(37,39-6-2)24-16-17-26-25(20-24)28(30(36)33-26)29(21-10-8-7-9-11-21)32-22-12-14-23(15-13-22)34(4)27(35)18-19-31-3/h7-17,20,31-32H,5-6,18-19H2,1-4H3,(H,33,36). The zero-order valence-corrected chi connectivity index (χ0v) is 24.1. The third kappa shape index (κ3) is 6.35. The lowest BCUT2D eigenvalue weighted by atomic mass is 10.00. The summed E-state index contributed by atoms with van der Waals surface area (Å²) >= 11 is 0. The summed E-state index contributed by atoms with van der Waals surface area (Å²) in [7, 11) is -0.00674. The van der Waals surface area contributed by atoms with Crippen LogP contribution in [-0.2, 0) is 23.2 Å². The molecule has 0 aliphatic carbocycles.